The van der Waals surface area contributed by atoms with E-state index in [4.69, 9.17) is 11.6 Å². The molecule has 7 heteroatoms. The first-order valence-electron chi connectivity index (χ1n) is 8.60. The van der Waals surface area contributed by atoms with Gasteiger partial charge in [-0.25, -0.2) is 8.42 Å². The molecule has 2 aromatic rings. The molecule has 0 aliphatic heterocycles. The van der Waals surface area contributed by atoms with Gasteiger partial charge in [-0.3, -0.25) is 9.10 Å². The van der Waals surface area contributed by atoms with Crippen LogP contribution in [0.25, 0.3) is 0 Å². The number of hydrogen-bond donors (Lipinski definition) is 1. The van der Waals surface area contributed by atoms with Crippen LogP contribution >= 0.6 is 11.6 Å². The molecule has 1 atom stereocenters. The zero-order valence-corrected chi connectivity index (χ0v) is 16.9. The highest BCUT2D eigenvalue weighted by atomic mass is 35.5. The van der Waals surface area contributed by atoms with Crippen LogP contribution in [0.3, 0.4) is 0 Å². The molecular weight excluding hydrogens is 384 g/mol. The molecule has 144 valence electrons. The van der Waals surface area contributed by atoms with Gasteiger partial charge in [0.15, 0.2) is 0 Å². The smallest absolute Gasteiger partial charge is 0.264 e. The first-order chi connectivity index (χ1) is 12.8. The molecule has 5 nitrogen and oxygen atoms in total. The number of benzene rings is 2. The maximum Gasteiger partial charge on any atom is 0.264 e. The van der Waals surface area contributed by atoms with Crippen LogP contribution in [0.1, 0.15) is 30.6 Å². The van der Waals surface area contributed by atoms with Crippen LogP contribution in [0, 0.1) is 0 Å². The number of nitrogens with one attached hydrogen (secondary N) is 1. The summed E-state index contributed by atoms with van der Waals surface area (Å²) in [6.07, 6.45) is 2.27. The Hall–Kier alpha value is -2.31. The minimum atomic E-state index is -3.93. The average Bonchev–Trinajstić information content (AvgIpc) is 2.66. The first-order valence-corrected chi connectivity index (χ1v) is 10.4. The quantitative estimate of drug-likeness (QED) is 0.666. The molecule has 0 heterocycles. The lowest BCUT2D eigenvalue weighted by Gasteiger charge is -2.24. The van der Waals surface area contributed by atoms with E-state index >= 15 is 0 Å². The molecular formula is C20H23ClN2O3S. The monoisotopic (exact) mass is 406 g/mol. The van der Waals surface area contributed by atoms with Crippen LogP contribution in [0.4, 0.5) is 5.69 Å². The number of hydrogen-bond acceptors (Lipinski definition) is 3. The van der Waals surface area contributed by atoms with Crippen molar-refractivity contribution in [2.75, 3.05) is 10.8 Å². The predicted octanol–water partition coefficient (Wildman–Crippen LogP) is 4.25. The highest BCUT2D eigenvalue weighted by Gasteiger charge is 2.26. The van der Waals surface area contributed by atoms with Crippen molar-refractivity contribution in [3.8, 4) is 0 Å². The van der Waals surface area contributed by atoms with Crippen molar-refractivity contribution >= 4 is 33.2 Å². The van der Waals surface area contributed by atoms with Crippen molar-refractivity contribution in [3.63, 3.8) is 0 Å². The van der Waals surface area contributed by atoms with Gasteiger partial charge in [-0.15, -0.1) is 6.58 Å². The Labute approximate surface area is 165 Å². The normalized spacial score (nSPS) is 12.3. The molecule has 1 unspecified atom stereocenters. The zero-order chi connectivity index (χ0) is 20.0. The molecule has 1 N–H and O–H groups in total. The molecule has 0 saturated heterocycles. The molecule has 1 amide bonds. The summed E-state index contributed by atoms with van der Waals surface area (Å²) in [7, 11) is -3.93. The van der Waals surface area contributed by atoms with Gasteiger partial charge in [0.2, 0.25) is 0 Å². The number of sulfonamides is 1. The Kier molecular flexibility index (Phi) is 7.05. The topological polar surface area (TPSA) is 66.5 Å². The van der Waals surface area contributed by atoms with Gasteiger partial charge in [0.05, 0.1) is 22.2 Å². The van der Waals surface area contributed by atoms with Crippen LogP contribution < -0.4 is 9.62 Å². The fourth-order valence-electron chi connectivity index (χ4n) is 2.43. The lowest BCUT2D eigenvalue weighted by atomic mass is 10.2. The van der Waals surface area contributed by atoms with Crippen LogP contribution in [-0.4, -0.2) is 26.9 Å². The van der Waals surface area contributed by atoms with E-state index < -0.39 is 10.0 Å². The second-order valence-electron chi connectivity index (χ2n) is 6.09. The van der Waals surface area contributed by atoms with E-state index in [9.17, 15) is 13.2 Å². The maximum absolute atomic E-state index is 13.2. The zero-order valence-electron chi connectivity index (χ0n) is 15.4. The van der Waals surface area contributed by atoms with Gasteiger partial charge in [0, 0.05) is 11.6 Å². The van der Waals surface area contributed by atoms with Crippen molar-refractivity contribution < 1.29 is 13.2 Å². The summed E-state index contributed by atoms with van der Waals surface area (Å²) < 4.78 is 27.6. The van der Waals surface area contributed by atoms with Crippen LogP contribution in [0.2, 0.25) is 5.02 Å². The largest absolute Gasteiger partial charge is 0.350 e. The van der Waals surface area contributed by atoms with E-state index in [-0.39, 0.29) is 29.0 Å². The Balaban J connectivity index is 2.45. The van der Waals surface area contributed by atoms with Gasteiger partial charge in [-0.05, 0) is 43.7 Å². The number of rotatable bonds is 8. The fraction of sp³-hybridized carbons (Fsp3) is 0.250. The second kappa shape index (κ2) is 9.06. The maximum atomic E-state index is 13.2. The summed E-state index contributed by atoms with van der Waals surface area (Å²) in [5.74, 6) is -0.311. The van der Waals surface area contributed by atoms with E-state index in [0.29, 0.717) is 10.7 Å². The summed E-state index contributed by atoms with van der Waals surface area (Å²) in [5, 5.41) is 3.15. The van der Waals surface area contributed by atoms with Gasteiger partial charge >= 0.3 is 0 Å². The van der Waals surface area contributed by atoms with Crippen molar-refractivity contribution in [3.05, 3.63) is 71.8 Å². The molecule has 0 aromatic heterocycles. The lowest BCUT2D eigenvalue weighted by Crippen LogP contribution is -2.33. The van der Waals surface area contributed by atoms with Gasteiger partial charge in [-0.2, -0.15) is 0 Å². The van der Waals surface area contributed by atoms with Gasteiger partial charge in [0.1, 0.15) is 0 Å². The number of amides is 1. The molecule has 0 spiro atoms. The van der Waals surface area contributed by atoms with Crippen LogP contribution in [-0.2, 0) is 10.0 Å². The van der Waals surface area contributed by atoms with E-state index in [0.717, 1.165) is 6.42 Å². The predicted molar refractivity (Wildman–Crippen MR) is 110 cm³/mol. The van der Waals surface area contributed by atoms with Crippen molar-refractivity contribution in [1.29, 1.82) is 0 Å². The minimum Gasteiger partial charge on any atom is -0.350 e. The Morgan fingerprint density at radius 2 is 1.96 bits per heavy atom. The number of halogens is 1. The van der Waals surface area contributed by atoms with E-state index in [1.807, 2.05) is 13.8 Å². The van der Waals surface area contributed by atoms with Gasteiger partial charge < -0.3 is 5.32 Å². The van der Waals surface area contributed by atoms with Crippen molar-refractivity contribution in [1.82, 2.24) is 5.32 Å². The Morgan fingerprint density at radius 3 is 2.59 bits per heavy atom. The number of anilines is 1. The minimum absolute atomic E-state index is 0.00171. The lowest BCUT2D eigenvalue weighted by molar-refractivity contribution is 0.0939. The first kappa shape index (κ1) is 21.0. The fourth-order valence-corrected chi connectivity index (χ4v) is 4.22. The van der Waals surface area contributed by atoms with E-state index in [1.54, 1.807) is 36.4 Å². The summed E-state index contributed by atoms with van der Waals surface area (Å²) in [6, 6.07) is 12.7. The number of carbonyl (C=O) groups is 1. The molecule has 0 saturated carbocycles. The van der Waals surface area contributed by atoms with Gasteiger partial charge in [-0.1, -0.05) is 42.8 Å². The highest BCUT2D eigenvalue weighted by Crippen LogP contribution is 2.30. The van der Waals surface area contributed by atoms with Crippen molar-refractivity contribution in [2.24, 2.45) is 0 Å². The number of para-hydroxylation sites is 1. The van der Waals surface area contributed by atoms with Crippen molar-refractivity contribution in [2.45, 2.75) is 31.2 Å². The summed E-state index contributed by atoms with van der Waals surface area (Å²) in [6.45, 7) is 7.54. The molecule has 27 heavy (non-hydrogen) atoms. The third kappa shape index (κ3) is 4.90. The third-order valence-electron chi connectivity index (χ3n) is 4.09. The standard InChI is InChI=1S/C20H23ClN2O3S/c1-4-13-23(19-12-7-6-11-18(19)21)27(25,26)17-10-8-9-16(14-17)20(24)22-15(3)5-2/h4,6-12,14-15H,1,5,13H2,2-3H3,(H,22,24). The van der Waals surface area contributed by atoms with Gasteiger partial charge in [0.25, 0.3) is 15.9 Å². The molecule has 2 rings (SSSR count). The summed E-state index contributed by atoms with van der Waals surface area (Å²) >= 11 is 6.20. The number of nitrogens with zero attached hydrogens (tertiary/aromatic N) is 1. The third-order valence-corrected chi connectivity index (χ3v) is 6.19. The van der Waals surface area contributed by atoms with E-state index in [2.05, 4.69) is 11.9 Å². The highest BCUT2D eigenvalue weighted by molar-refractivity contribution is 7.92. The molecule has 0 fully saturated rings. The molecule has 0 aliphatic rings. The molecule has 0 bridgehead atoms. The summed E-state index contributed by atoms with van der Waals surface area (Å²) in [4.78, 5) is 12.4. The van der Waals surface area contributed by atoms with E-state index in [1.165, 1.54) is 22.5 Å². The Morgan fingerprint density at radius 1 is 1.26 bits per heavy atom. The Bertz CT molecular complexity index is 928. The molecule has 0 radical (unpaired) electrons. The number of carbonyl (C=O) groups excluding carboxylic acids is 1. The molecule has 2 aromatic carbocycles. The second-order valence-corrected chi connectivity index (χ2v) is 8.36. The summed E-state index contributed by atoms with van der Waals surface area (Å²) in [5.41, 5.74) is 0.641. The molecule has 0 aliphatic carbocycles. The SMILES string of the molecule is C=CCN(c1ccccc1Cl)S(=O)(=O)c1cccc(C(=O)NC(C)CC)c1. The van der Waals surface area contributed by atoms with Crippen LogP contribution in [0.15, 0.2) is 66.1 Å². The van der Waals surface area contributed by atoms with Crippen LogP contribution in [0.5, 0.6) is 0 Å². The average molecular weight is 407 g/mol.